The number of halogens is 6. The summed E-state index contributed by atoms with van der Waals surface area (Å²) in [5.74, 6) is -4.56. The number of carbonyl (C=O) groups excluding carboxylic acids is 3. The SMILES string of the molecule is O=C(Cn1c2c(sc1=O)[C@@H](c1ccco1)[C@@H]1C(=O)N(c3cccc(C(F)(F)F)c3)C(=O)[C@@H]1S2)Nc1ccccc1C(F)(F)F. The van der Waals surface area contributed by atoms with Crippen LogP contribution in [0, 0.1) is 5.92 Å². The van der Waals surface area contributed by atoms with Gasteiger partial charge in [-0.15, -0.1) is 0 Å². The van der Waals surface area contributed by atoms with Crippen LogP contribution in [0.4, 0.5) is 37.7 Å². The first-order valence-electron chi connectivity index (χ1n) is 12.7. The molecule has 0 saturated carbocycles. The number of hydrogen-bond acceptors (Lipinski definition) is 7. The Labute approximate surface area is 251 Å². The van der Waals surface area contributed by atoms with Crippen LogP contribution in [-0.4, -0.2) is 27.5 Å². The van der Waals surface area contributed by atoms with E-state index in [9.17, 15) is 45.5 Å². The van der Waals surface area contributed by atoms with Crippen molar-refractivity contribution in [3.63, 3.8) is 0 Å². The fraction of sp³-hybridized carbons (Fsp3) is 0.214. The smallest absolute Gasteiger partial charge is 0.418 e. The van der Waals surface area contributed by atoms with Crippen LogP contribution in [0.1, 0.15) is 27.7 Å². The number of hydrogen-bond donors (Lipinski definition) is 1. The van der Waals surface area contributed by atoms with Crippen LogP contribution >= 0.6 is 23.1 Å². The molecule has 1 fully saturated rings. The second kappa shape index (κ2) is 10.7. The van der Waals surface area contributed by atoms with E-state index < -0.39 is 75.4 Å². The van der Waals surface area contributed by atoms with E-state index in [2.05, 4.69) is 5.32 Å². The molecule has 0 bridgehead atoms. The molecule has 1 saturated heterocycles. The van der Waals surface area contributed by atoms with Gasteiger partial charge in [-0.05, 0) is 42.5 Å². The van der Waals surface area contributed by atoms with Gasteiger partial charge < -0.3 is 9.73 Å². The maximum Gasteiger partial charge on any atom is 0.418 e. The zero-order chi connectivity index (χ0) is 31.6. The maximum absolute atomic E-state index is 13.7. The number of imide groups is 1. The van der Waals surface area contributed by atoms with Crippen molar-refractivity contribution < 1.29 is 45.1 Å². The van der Waals surface area contributed by atoms with Crippen LogP contribution in [0.5, 0.6) is 0 Å². The third-order valence-electron chi connectivity index (χ3n) is 7.14. The van der Waals surface area contributed by atoms with Crippen molar-refractivity contribution >= 4 is 52.2 Å². The summed E-state index contributed by atoms with van der Waals surface area (Å²) in [4.78, 5) is 53.7. The number of anilines is 2. The summed E-state index contributed by atoms with van der Waals surface area (Å²) in [7, 11) is 0. The fourth-order valence-corrected chi connectivity index (χ4v) is 8.03. The van der Waals surface area contributed by atoms with Crippen molar-refractivity contribution in [3.05, 3.63) is 98.4 Å². The van der Waals surface area contributed by atoms with Gasteiger partial charge in [-0.25, -0.2) is 4.90 Å². The summed E-state index contributed by atoms with van der Waals surface area (Å²) in [5, 5.41) is 1.08. The summed E-state index contributed by atoms with van der Waals surface area (Å²) >= 11 is 1.46. The van der Waals surface area contributed by atoms with Gasteiger partial charge >= 0.3 is 17.2 Å². The van der Waals surface area contributed by atoms with E-state index in [4.69, 9.17) is 4.42 Å². The van der Waals surface area contributed by atoms with Crippen molar-refractivity contribution in [1.29, 1.82) is 0 Å². The summed E-state index contributed by atoms with van der Waals surface area (Å²) in [6, 6.07) is 11.1. The second-order valence-electron chi connectivity index (χ2n) is 9.83. The highest BCUT2D eigenvalue weighted by Gasteiger charge is 2.57. The number of para-hydroxylation sites is 1. The van der Waals surface area contributed by atoms with Gasteiger partial charge in [-0.3, -0.25) is 23.7 Å². The molecular weight excluding hydrogens is 636 g/mol. The van der Waals surface area contributed by atoms with E-state index >= 15 is 0 Å². The molecule has 0 aliphatic carbocycles. The lowest BCUT2D eigenvalue weighted by molar-refractivity contribution is -0.138. The van der Waals surface area contributed by atoms with E-state index in [0.717, 1.165) is 46.7 Å². The number of benzene rings is 2. The molecule has 3 amide bonds. The van der Waals surface area contributed by atoms with Crippen molar-refractivity contribution in [3.8, 4) is 0 Å². The minimum Gasteiger partial charge on any atom is -0.469 e. The number of nitrogens with zero attached hydrogens (tertiary/aromatic N) is 2. The van der Waals surface area contributed by atoms with Crippen LogP contribution in [0.2, 0.25) is 0 Å². The average molecular weight is 654 g/mol. The first kappa shape index (κ1) is 29.7. The minimum absolute atomic E-state index is 0.119. The topological polar surface area (TPSA) is 102 Å². The molecule has 0 spiro atoms. The lowest BCUT2D eigenvalue weighted by atomic mass is 9.87. The molecule has 0 unspecified atom stereocenters. The Morgan fingerprint density at radius 3 is 2.34 bits per heavy atom. The molecule has 0 radical (unpaired) electrons. The predicted octanol–water partition coefficient (Wildman–Crippen LogP) is 5.97. The van der Waals surface area contributed by atoms with Crippen LogP contribution in [-0.2, 0) is 33.3 Å². The zero-order valence-electron chi connectivity index (χ0n) is 21.8. The Morgan fingerprint density at radius 2 is 1.66 bits per heavy atom. The number of furan rings is 1. The van der Waals surface area contributed by atoms with E-state index in [-0.39, 0.29) is 21.4 Å². The predicted molar refractivity (Wildman–Crippen MR) is 146 cm³/mol. The third kappa shape index (κ3) is 5.11. The normalized spacial score (nSPS) is 20.0. The van der Waals surface area contributed by atoms with E-state index in [0.29, 0.717) is 22.3 Å². The summed E-state index contributed by atoms with van der Waals surface area (Å²) in [6.45, 7) is -0.717. The first-order valence-corrected chi connectivity index (χ1v) is 14.4. The Bertz CT molecular complexity index is 1850. The highest BCUT2D eigenvalue weighted by molar-refractivity contribution is 8.00. The summed E-state index contributed by atoms with van der Waals surface area (Å²) in [6.07, 6.45) is -8.19. The van der Waals surface area contributed by atoms with Crippen LogP contribution < -0.4 is 15.1 Å². The number of amides is 3. The molecular formula is C28H17F6N3O5S2. The van der Waals surface area contributed by atoms with Gasteiger partial charge in [0.2, 0.25) is 17.7 Å². The molecule has 1 N–H and O–H groups in total. The fourth-order valence-electron chi connectivity index (χ4n) is 5.28. The molecule has 2 aliphatic rings. The van der Waals surface area contributed by atoms with E-state index in [1.807, 2.05) is 0 Å². The molecule has 2 aromatic carbocycles. The quantitative estimate of drug-likeness (QED) is 0.210. The highest BCUT2D eigenvalue weighted by atomic mass is 32.2. The van der Waals surface area contributed by atoms with Gasteiger partial charge in [-0.1, -0.05) is 41.3 Å². The lowest BCUT2D eigenvalue weighted by Crippen LogP contribution is -2.33. The number of alkyl halides is 6. The monoisotopic (exact) mass is 653 g/mol. The number of carbonyl (C=O) groups is 3. The van der Waals surface area contributed by atoms with Gasteiger partial charge in [0, 0.05) is 0 Å². The molecule has 4 aromatic rings. The van der Waals surface area contributed by atoms with Gasteiger partial charge in [-0.2, -0.15) is 26.3 Å². The Morgan fingerprint density at radius 1 is 0.909 bits per heavy atom. The molecule has 4 heterocycles. The minimum atomic E-state index is -4.76. The standard InChI is InChI=1S/C28H17F6N3O5S2/c29-27(30,31)13-5-3-6-14(11-13)37-23(39)20-19(17-9-4-10-42-17)22-25(43-21(20)24(37)40)36(26(41)44-22)12-18(38)35-16-8-2-1-7-15(16)28(32,33)34/h1-11,19-21H,12H2,(H,35,38)/t19-,20-,21+/m0/s1. The number of fused-ring (bicyclic) bond motifs is 2. The van der Waals surface area contributed by atoms with Crippen molar-refractivity contribution in [2.45, 2.75) is 35.1 Å². The summed E-state index contributed by atoms with van der Waals surface area (Å²) < 4.78 is 87.1. The summed E-state index contributed by atoms with van der Waals surface area (Å²) in [5.41, 5.74) is -2.96. The number of thioether (sulfide) groups is 1. The van der Waals surface area contributed by atoms with Gasteiger partial charge in [0.05, 0.1) is 50.5 Å². The second-order valence-corrected chi connectivity index (χ2v) is 12.0. The molecule has 44 heavy (non-hydrogen) atoms. The number of rotatable bonds is 5. The van der Waals surface area contributed by atoms with Crippen molar-refractivity contribution in [2.24, 2.45) is 5.92 Å². The molecule has 2 aliphatic heterocycles. The first-order chi connectivity index (χ1) is 20.8. The number of nitrogens with one attached hydrogen (secondary N) is 1. The largest absolute Gasteiger partial charge is 0.469 e. The Hall–Kier alpha value is -4.31. The molecule has 2 aromatic heterocycles. The molecule has 8 nitrogen and oxygen atoms in total. The average Bonchev–Trinajstić information content (AvgIpc) is 3.65. The van der Waals surface area contributed by atoms with Crippen LogP contribution in [0.25, 0.3) is 0 Å². The van der Waals surface area contributed by atoms with E-state index in [1.165, 1.54) is 30.5 Å². The van der Waals surface area contributed by atoms with Crippen LogP contribution in [0.3, 0.4) is 0 Å². The lowest BCUT2D eigenvalue weighted by Gasteiger charge is -2.29. The highest BCUT2D eigenvalue weighted by Crippen LogP contribution is 2.54. The molecule has 228 valence electrons. The van der Waals surface area contributed by atoms with Crippen LogP contribution in [0.15, 0.2) is 81.2 Å². The third-order valence-corrected chi connectivity index (χ3v) is 9.74. The maximum atomic E-state index is 13.7. The van der Waals surface area contributed by atoms with Crippen molar-refractivity contribution in [2.75, 3.05) is 10.2 Å². The molecule has 16 heteroatoms. The Balaban J connectivity index is 1.37. The van der Waals surface area contributed by atoms with Gasteiger partial charge in [0.1, 0.15) is 17.6 Å². The molecule has 6 rings (SSSR count). The zero-order valence-corrected chi connectivity index (χ0v) is 23.4. The van der Waals surface area contributed by atoms with Gasteiger partial charge in [0.25, 0.3) is 0 Å². The number of thiazole rings is 1. The van der Waals surface area contributed by atoms with E-state index in [1.54, 1.807) is 0 Å². The van der Waals surface area contributed by atoms with Gasteiger partial charge in [0.15, 0.2) is 0 Å². The Kier molecular flexibility index (Phi) is 7.23. The number of aromatic nitrogens is 1. The van der Waals surface area contributed by atoms with Crippen molar-refractivity contribution in [1.82, 2.24) is 4.57 Å². The molecule has 3 atom stereocenters.